The first kappa shape index (κ1) is 37.7. The number of hydrogen-bond acceptors (Lipinski definition) is 6. The fourth-order valence-electron chi connectivity index (χ4n) is 4.98. The molecule has 0 aliphatic heterocycles. The van der Waals surface area contributed by atoms with Crippen LogP contribution in [0.2, 0.25) is 0 Å². The van der Waals surface area contributed by atoms with E-state index in [0.717, 1.165) is 11.1 Å². The van der Waals surface area contributed by atoms with Gasteiger partial charge >= 0.3 is 6.18 Å². The predicted molar refractivity (Wildman–Crippen MR) is 175 cm³/mol. The SMILES string of the molecule is CC(CNC(CCC(N)=O)C(O)C(F)(F)F)NC(=O)C(NC(=O)C(NC(=O)c1ccc(-c2ccccc2)cc1)C(C)C)c1ccccc1. The van der Waals surface area contributed by atoms with Gasteiger partial charge in [-0.05, 0) is 48.1 Å². The van der Waals surface area contributed by atoms with E-state index in [1.165, 1.54) is 6.92 Å². The van der Waals surface area contributed by atoms with Gasteiger partial charge in [0.15, 0.2) is 6.10 Å². The molecule has 0 spiro atoms. The summed E-state index contributed by atoms with van der Waals surface area (Å²) in [6.07, 6.45) is -8.47. The van der Waals surface area contributed by atoms with E-state index in [0.29, 0.717) is 11.1 Å². The van der Waals surface area contributed by atoms with Crippen LogP contribution in [0.3, 0.4) is 0 Å². The molecule has 0 bridgehead atoms. The van der Waals surface area contributed by atoms with E-state index in [1.54, 1.807) is 56.3 Å². The Balaban J connectivity index is 1.70. The van der Waals surface area contributed by atoms with Crippen molar-refractivity contribution in [2.24, 2.45) is 11.7 Å². The molecule has 0 radical (unpaired) electrons. The number of benzene rings is 3. The molecule has 5 unspecified atom stereocenters. The summed E-state index contributed by atoms with van der Waals surface area (Å²) in [6, 6.07) is 20.4. The first-order valence-electron chi connectivity index (χ1n) is 15.6. The second kappa shape index (κ2) is 17.4. The molecule has 0 aromatic heterocycles. The van der Waals surface area contributed by atoms with Crippen LogP contribution in [0.5, 0.6) is 0 Å². The summed E-state index contributed by atoms with van der Waals surface area (Å²) in [5.74, 6) is -2.93. The summed E-state index contributed by atoms with van der Waals surface area (Å²) >= 11 is 0. The van der Waals surface area contributed by atoms with Crippen molar-refractivity contribution in [3.05, 3.63) is 96.1 Å². The highest BCUT2D eigenvalue weighted by atomic mass is 19.4. The summed E-state index contributed by atoms with van der Waals surface area (Å²) in [7, 11) is 0. The van der Waals surface area contributed by atoms with Crippen LogP contribution in [-0.2, 0) is 14.4 Å². The molecule has 0 fully saturated rings. The monoisotopic (exact) mass is 669 g/mol. The normalized spacial score (nSPS) is 14.7. The number of carbonyl (C=O) groups is 4. The maximum Gasteiger partial charge on any atom is 0.415 e. The number of amides is 4. The minimum atomic E-state index is -4.95. The van der Waals surface area contributed by atoms with Gasteiger partial charge in [0, 0.05) is 30.6 Å². The lowest BCUT2D eigenvalue weighted by Crippen LogP contribution is -2.54. The van der Waals surface area contributed by atoms with Gasteiger partial charge < -0.3 is 32.1 Å². The number of aliphatic hydroxyl groups excluding tert-OH is 1. The standard InChI is InChI=1S/C35H42F3N5O5/c1-21(2)29(42-32(46)26-16-14-24(15-17-26)23-10-6-4-7-11-23)33(47)43-30(25-12-8-5-9-13-25)34(48)41-22(3)20-40-27(18-19-28(39)44)31(45)35(36,37)38/h4-17,21-22,27,29-31,40,45H,18-20H2,1-3H3,(H2,39,44)(H,41,48)(H,42,46)(H,43,47). The van der Waals surface area contributed by atoms with Gasteiger partial charge in [0.2, 0.25) is 17.7 Å². The van der Waals surface area contributed by atoms with Gasteiger partial charge in [-0.25, -0.2) is 0 Å². The predicted octanol–water partition coefficient (Wildman–Crippen LogP) is 3.62. The van der Waals surface area contributed by atoms with E-state index in [1.807, 2.05) is 42.5 Å². The lowest BCUT2D eigenvalue weighted by Gasteiger charge is -2.28. The highest BCUT2D eigenvalue weighted by Gasteiger charge is 2.43. The minimum absolute atomic E-state index is 0.203. The van der Waals surface area contributed by atoms with Crippen LogP contribution >= 0.6 is 0 Å². The molecule has 3 aromatic carbocycles. The van der Waals surface area contributed by atoms with E-state index >= 15 is 0 Å². The minimum Gasteiger partial charge on any atom is -0.382 e. The lowest BCUT2D eigenvalue weighted by molar-refractivity contribution is -0.212. The first-order valence-corrected chi connectivity index (χ1v) is 15.6. The zero-order chi connectivity index (χ0) is 35.4. The van der Waals surface area contributed by atoms with Gasteiger partial charge in [0.05, 0.1) is 0 Å². The van der Waals surface area contributed by atoms with Crippen molar-refractivity contribution in [3.63, 3.8) is 0 Å². The van der Waals surface area contributed by atoms with Crippen molar-refractivity contribution in [2.45, 2.75) is 70.1 Å². The van der Waals surface area contributed by atoms with Gasteiger partial charge in [-0.15, -0.1) is 0 Å². The number of primary amides is 1. The van der Waals surface area contributed by atoms with Gasteiger partial charge in [0.1, 0.15) is 12.1 Å². The molecule has 0 aliphatic rings. The molecule has 48 heavy (non-hydrogen) atoms. The second-order valence-electron chi connectivity index (χ2n) is 11.9. The Labute approximate surface area is 277 Å². The average Bonchev–Trinajstić information content (AvgIpc) is 3.05. The van der Waals surface area contributed by atoms with Crippen LogP contribution in [0.4, 0.5) is 13.2 Å². The molecule has 0 saturated carbocycles. The van der Waals surface area contributed by atoms with Crippen molar-refractivity contribution in [2.75, 3.05) is 6.54 Å². The van der Waals surface area contributed by atoms with Crippen molar-refractivity contribution in [3.8, 4) is 11.1 Å². The highest BCUT2D eigenvalue weighted by molar-refractivity contribution is 5.99. The Kier molecular flexibility index (Phi) is 13.7. The zero-order valence-corrected chi connectivity index (χ0v) is 27.0. The number of aliphatic hydroxyl groups is 1. The van der Waals surface area contributed by atoms with E-state index < -0.39 is 60.1 Å². The molecule has 7 N–H and O–H groups in total. The number of carbonyl (C=O) groups excluding carboxylic acids is 4. The average molecular weight is 670 g/mol. The second-order valence-corrected chi connectivity index (χ2v) is 11.9. The van der Waals surface area contributed by atoms with Crippen LogP contribution in [0.1, 0.15) is 55.6 Å². The Hall–Kier alpha value is -4.75. The zero-order valence-electron chi connectivity index (χ0n) is 27.0. The Morgan fingerprint density at radius 2 is 1.33 bits per heavy atom. The number of nitrogens with two attached hydrogens (primary N) is 1. The van der Waals surface area contributed by atoms with E-state index in [9.17, 15) is 37.5 Å². The summed E-state index contributed by atoms with van der Waals surface area (Å²) < 4.78 is 39.6. The summed E-state index contributed by atoms with van der Waals surface area (Å²) in [5, 5.41) is 20.5. The Bertz CT molecular complexity index is 1500. The third kappa shape index (κ3) is 11.2. The maximum atomic E-state index is 13.6. The smallest absolute Gasteiger partial charge is 0.382 e. The molecular weight excluding hydrogens is 627 g/mol. The molecule has 4 amide bonds. The summed E-state index contributed by atoms with van der Waals surface area (Å²) in [5.41, 5.74) is 7.76. The number of rotatable bonds is 16. The van der Waals surface area contributed by atoms with Gasteiger partial charge in [-0.1, -0.05) is 86.6 Å². The Morgan fingerprint density at radius 1 is 0.771 bits per heavy atom. The molecular formula is C35H42F3N5O5. The van der Waals surface area contributed by atoms with Crippen LogP contribution in [-0.4, -0.2) is 65.7 Å². The van der Waals surface area contributed by atoms with Gasteiger partial charge in [-0.3, -0.25) is 19.2 Å². The van der Waals surface area contributed by atoms with Crippen LogP contribution in [0.15, 0.2) is 84.9 Å². The molecule has 0 heterocycles. The third-order valence-electron chi connectivity index (χ3n) is 7.66. The van der Waals surface area contributed by atoms with Gasteiger partial charge in [-0.2, -0.15) is 13.2 Å². The molecule has 0 aliphatic carbocycles. The molecule has 258 valence electrons. The fraction of sp³-hybridized carbons (Fsp3) is 0.371. The number of halogens is 3. The largest absolute Gasteiger partial charge is 0.415 e. The third-order valence-corrected chi connectivity index (χ3v) is 7.66. The lowest BCUT2D eigenvalue weighted by atomic mass is 10.00. The van der Waals surface area contributed by atoms with Crippen molar-refractivity contribution >= 4 is 23.6 Å². The maximum absolute atomic E-state index is 13.6. The molecule has 13 heteroatoms. The van der Waals surface area contributed by atoms with Crippen LogP contribution in [0, 0.1) is 5.92 Å². The Morgan fingerprint density at radius 3 is 1.88 bits per heavy atom. The van der Waals surface area contributed by atoms with E-state index in [2.05, 4.69) is 21.3 Å². The molecule has 3 aromatic rings. The topological polar surface area (TPSA) is 163 Å². The quantitative estimate of drug-likeness (QED) is 0.137. The molecule has 3 rings (SSSR count). The fourth-order valence-corrected chi connectivity index (χ4v) is 4.98. The summed E-state index contributed by atoms with van der Waals surface area (Å²) in [6.45, 7) is 4.82. The summed E-state index contributed by atoms with van der Waals surface area (Å²) in [4.78, 5) is 51.4. The number of alkyl halides is 3. The van der Waals surface area contributed by atoms with E-state index in [-0.39, 0.29) is 25.3 Å². The van der Waals surface area contributed by atoms with Crippen molar-refractivity contribution in [1.29, 1.82) is 0 Å². The number of hydrogen-bond donors (Lipinski definition) is 6. The molecule has 0 saturated heterocycles. The van der Waals surface area contributed by atoms with Gasteiger partial charge in [0.25, 0.3) is 5.91 Å². The number of nitrogens with one attached hydrogen (secondary N) is 4. The van der Waals surface area contributed by atoms with E-state index in [4.69, 9.17) is 5.73 Å². The highest BCUT2D eigenvalue weighted by Crippen LogP contribution is 2.24. The van der Waals surface area contributed by atoms with Crippen molar-refractivity contribution < 1.29 is 37.5 Å². The molecule has 10 nitrogen and oxygen atoms in total. The van der Waals surface area contributed by atoms with Crippen molar-refractivity contribution in [1.82, 2.24) is 21.3 Å². The van der Waals surface area contributed by atoms with Crippen LogP contribution in [0.25, 0.3) is 11.1 Å². The van der Waals surface area contributed by atoms with Crippen LogP contribution < -0.4 is 27.0 Å². The first-order chi connectivity index (χ1) is 22.7. The molecule has 5 atom stereocenters.